The van der Waals surface area contributed by atoms with Gasteiger partial charge in [0.15, 0.2) is 5.69 Å². The van der Waals surface area contributed by atoms with Crippen LogP contribution in [0.25, 0.3) is 0 Å². The minimum absolute atomic E-state index is 0.203. The van der Waals surface area contributed by atoms with Crippen molar-refractivity contribution in [3.05, 3.63) is 41.2 Å². The Balaban J connectivity index is 1.91. The Kier molecular flexibility index (Phi) is 4.85. The van der Waals surface area contributed by atoms with Crippen LogP contribution in [-0.2, 0) is 17.8 Å². The molecule has 0 spiro atoms. The molecule has 6 nitrogen and oxygen atoms in total. The van der Waals surface area contributed by atoms with Gasteiger partial charge in [-0.3, -0.25) is 9.48 Å². The van der Waals surface area contributed by atoms with E-state index in [1.54, 1.807) is 0 Å². The quantitative estimate of drug-likeness (QED) is 0.915. The highest BCUT2D eigenvalue weighted by Gasteiger charge is 2.26. The molecular formula is C18H23N3O3. The van der Waals surface area contributed by atoms with Crippen LogP contribution in [0, 0.1) is 0 Å². The van der Waals surface area contributed by atoms with Gasteiger partial charge in [-0.05, 0) is 32.9 Å². The lowest BCUT2D eigenvalue weighted by molar-refractivity contribution is 0.0983. The monoisotopic (exact) mass is 329 g/mol. The second kappa shape index (κ2) is 7.05. The number of carbonyl (C=O) groups excluding carboxylic acids is 1. The Labute approximate surface area is 141 Å². The van der Waals surface area contributed by atoms with Crippen LogP contribution >= 0.6 is 0 Å². The van der Waals surface area contributed by atoms with E-state index in [2.05, 4.69) is 24.3 Å². The summed E-state index contributed by atoms with van der Waals surface area (Å²) in [5.41, 5.74) is 3.07. The number of rotatable bonds is 5. The maximum Gasteiger partial charge on any atom is 0.276 e. The third-order valence-corrected chi connectivity index (χ3v) is 3.99. The van der Waals surface area contributed by atoms with E-state index < -0.39 is 0 Å². The summed E-state index contributed by atoms with van der Waals surface area (Å²) in [6.07, 6.45) is 0.781. The number of nitrogens with one attached hydrogen (secondary N) is 1. The van der Waals surface area contributed by atoms with Crippen molar-refractivity contribution in [2.45, 2.75) is 39.8 Å². The van der Waals surface area contributed by atoms with Gasteiger partial charge in [-0.15, -0.1) is 0 Å². The van der Waals surface area contributed by atoms with Crippen LogP contribution in [0.3, 0.4) is 0 Å². The molecule has 24 heavy (non-hydrogen) atoms. The van der Waals surface area contributed by atoms with Crippen LogP contribution in [0.15, 0.2) is 24.3 Å². The molecule has 2 heterocycles. The second-order valence-electron chi connectivity index (χ2n) is 6.00. The molecular weight excluding hydrogens is 306 g/mol. The standard InChI is InChI=1S/C18H23N3O3/c1-4-24-16-8-6-5-7-14(16)19-18(22)17-13-11-23-10-9-15(13)21(20-17)12(2)3/h5-8,12H,4,9-11H2,1-3H3,(H,19,22). The fourth-order valence-corrected chi connectivity index (χ4v) is 2.91. The molecule has 1 aromatic heterocycles. The predicted octanol–water partition coefficient (Wildman–Crippen LogP) is 3.19. The molecule has 0 saturated carbocycles. The van der Waals surface area contributed by atoms with Crippen LogP contribution in [0.4, 0.5) is 5.69 Å². The Morgan fingerprint density at radius 3 is 2.96 bits per heavy atom. The maximum absolute atomic E-state index is 12.8. The smallest absolute Gasteiger partial charge is 0.276 e. The number of aromatic nitrogens is 2. The van der Waals surface area contributed by atoms with Crippen molar-refractivity contribution in [1.82, 2.24) is 9.78 Å². The van der Waals surface area contributed by atoms with Gasteiger partial charge in [-0.1, -0.05) is 12.1 Å². The normalized spacial score (nSPS) is 13.7. The summed E-state index contributed by atoms with van der Waals surface area (Å²) in [4.78, 5) is 12.8. The van der Waals surface area contributed by atoms with E-state index >= 15 is 0 Å². The number of hydrogen-bond donors (Lipinski definition) is 1. The highest BCUT2D eigenvalue weighted by atomic mass is 16.5. The highest BCUT2D eigenvalue weighted by molar-refractivity contribution is 6.04. The molecule has 1 amide bonds. The average Bonchev–Trinajstić information content (AvgIpc) is 2.97. The Morgan fingerprint density at radius 2 is 2.21 bits per heavy atom. The molecule has 0 bridgehead atoms. The number of fused-ring (bicyclic) bond motifs is 1. The zero-order valence-electron chi connectivity index (χ0n) is 14.3. The predicted molar refractivity (Wildman–Crippen MR) is 91.5 cm³/mol. The zero-order chi connectivity index (χ0) is 17.1. The van der Waals surface area contributed by atoms with Crippen molar-refractivity contribution >= 4 is 11.6 Å². The topological polar surface area (TPSA) is 65.4 Å². The van der Waals surface area contributed by atoms with E-state index in [9.17, 15) is 4.79 Å². The van der Waals surface area contributed by atoms with E-state index in [4.69, 9.17) is 9.47 Å². The molecule has 1 aliphatic heterocycles. The van der Waals surface area contributed by atoms with Gasteiger partial charge in [0.2, 0.25) is 0 Å². The van der Waals surface area contributed by atoms with Gasteiger partial charge < -0.3 is 14.8 Å². The summed E-state index contributed by atoms with van der Waals surface area (Å²) in [5, 5.41) is 7.47. The van der Waals surface area contributed by atoms with Gasteiger partial charge in [-0.25, -0.2) is 0 Å². The first-order valence-corrected chi connectivity index (χ1v) is 8.33. The molecule has 1 aromatic carbocycles. The number of para-hydroxylation sites is 2. The number of ether oxygens (including phenoxy) is 2. The summed E-state index contributed by atoms with van der Waals surface area (Å²) in [7, 11) is 0. The van der Waals surface area contributed by atoms with Crippen molar-refractivity contribution in [3.63, 3.8) is 0 Å². The zero-order valence-corrected chi connectivity index (χ0v) is 14.3. The van der Waals surface area contributed by atoms with E-state index in [0.717, 1.165) is 17.7 Å². The lowest BCUT2D eigenvalue weighted by Gasteiger charge is -2.16. The first kappa shape index (κ1) is 16.5. The second-order valence-corrected chi connectivity index (χ2v) is 6.00. The minimum atomic E-state index is -0.233. The number of hydrogen-bond acceptors (Lipinski definition) is 4. The van der Waals surface area contributed by atoms with Gasteiger partial charge in [0.1, 0.15) is 5.75 Å². The van der Waals surface area contributed by atoms with Gasteiger partial charge >= 0.3 is 0 Å². The van der Waals surface area contributed by atoms with Crippen LogP contribution in [0.5, 0.6) is 5.75 Å². The lowest BCUT2D eigenvalue weighted by atomic mass is 10.1. The molecule has 6 heteroatoms. The fourth-order valence-electron chi connectivity index (χ4n) is 2.91. The number of benzene rings is 1. The van der Waals surface area contributed by atoms with Crippen LogP contribution in [0.2, 0.25) is 0 Å². The van der Waals surface area contributed by atoms with Crippen molar-refractivity contribution < 1.29 is 14.3 Å². The van der Waals surface area contributed by atoms with Crippen molar-refractivity contribution in [2.24, 2.45) is 0 Å². The van der Waals surface area contributed by atoms with Crippen LogP contribution in [0.1, 0.15) is 48.6 Å². The molecule has 2 aromatic rings. The largest absolute Gasteiger partial charge is 0.492 e. The Hall–Kier alpha value is -2.34. The molecule has 128 valence electrons. The first-order valence-electron chi connectivity index (χ1n) is 8.33. The van der Waals surface area contributed by atoms with Crippen molar-refractivity contribution in [1.29, 1.82) is 0 Å². The molecule has 0 unspecified atom stereocenters. The summed E-state index contributed by atoms with van der Waals surface area (Å²) < 4.78 is 13.0. The molecule has 0 atom stereocenters. The summed E-state index contributed by atoms with van der Waals surface area (Å²) in [6.45, 7) is 7.68. The minimum Gasteiger partial charge on any atom is -0.492 e. The molecule has 3 rings (SSSR count). The highest BCUT2D eigenvalue weighted by Crippen LogP contribution is 2.27. The summed E-state index contributed by atoms with van der Waals surface area (Å²) >= 11 is 0. The van der Waals surface area contributed by atoms with E-state index in [0.29, 0.717) is 37.0 Å². The molecule has 0 fully saturated rings. The number of amides is 1. The van der Waals surface area contributed by atoms with Crippen LogP contribution in [-0.4, -0.2) is 28.9 Å². The summed E-state index contributed by atoms with van der Waals surface area (Å²) in [5.74, 6) is 0.421. The third-order valence-electron chi connectivity index (χ3n) is 3.99. The molecule has 1 aliphatic rings. The molecule has 0 aliphatic carbocycles. The summed E-state index contributed by atoms with van der Waals surface area (Å²) in [6, 6.07) is 7.61. The average molecular weight is 329 g/mol. The number of carbonyl (C=O) groups is 1. The maximum atomic E-state index is 12.8. The van der Waals surface area contributed by atoms with Gasteiger partial charge in [-0.2, -0.15) is 5.10 Å². The van der Waals surface area contributed by atoms with Crippen molar-refractivity contribution in [2.75, 3.05) is 18.5 Å². The molecule has 0 saturated heterocycles. The Bertz CT molecular complexity index is 737. The Morgan fingerprint density at radius 1 is 1.42 bits per heavy atom. The number of anilines is 1. The molecule has 1 N–H and O–H groups in total. The third kappa shape index (κ3) is 3.14. The SMILES string of the molecule is CCOc1ccccc1NC(=O)c1nn(C(C)C)c2c1COCC2. The van der Waals surface area contributed by atoms with Crippen LogP contribution < -0.4 is 10.1 Å². The molecule has 0 radical (unpaired) electrons. The first-order chi connectivity index (χ1) is 11.6. The van der Waals surface area contributed by atoms with E-state index in [1.807, 2.05) is 35.9 Å². The van der Waals surface area contributed by atoms with Crippen molar-refractivity contribution in [3.8, 4) is 5.75 Å². The fraction of sp³-hybridized carbons (Fsp3) is 0.444. The van der Waals surface area contributed by atoms with E-state index in [1.165, 1.54) is 0 Å². The van der Waals surface area contributed by atoms with Gasteiger partial charge in [0, 0.05) is 23.7 Å². The number of nitrogens with zero attached hydrogens (tertiary/aromatic N) is 2. The van der Waals surface area contributed by atoms with Gasteiger partial charge in [0.05, 0.1) is 25.5 Å². The lowest BCUT2D eigenvalue weighted by Crippen LogP contribution is -2.17. The van der Waals surface area contributed by atoms with Gasteiger partial charge in [0.25, 0.3) is 5.91 Å². The van der Waals surface area contributed by atoms with E-state index in [-0.39, 0.29) is 11.9 Å².